The van der Waals surface area contributed by atoms with Gasteiger partial charge < -0.3 is 4.74 Å². The maximum absolute atomic E-state index is 13.4. The molecule has 0 saturated carbocycles. The van der Waals surface area contributed by atoms with E-state index >= 15 is 0 Å². The van der Waals surface area contributed by atoms with Crippen LogP contribution in [0, 0.1) is 6.92 Å². The third kappa shape index (κ3) is 3.32. The molecule has 3 aromatic rings. The molecule has 2 heterocycles. The molecule has 0 spiro atoms. The molecule has 8 heteroatoms. The van der Waals surface area contributed by atoms with Crippen LogP contribution in [0.25, 0.3) is 10.9 Å². The number of nitrogens with zero attached hydrogens (tertiary/aromatic N) is 2. The first-order valence-corrected chi connectivity index (χ1v) is 11.1. The molecule has 2 aromatic carbocycles. The van der Waals surface area contributed by atoms with E-state index in [0.717, 1.165) is 12.8 Å². The number of aryl methyl sites for hydroxylation is 1. The van der Waals surface area contributed by atoms with E-state index in [-0.39, 0.29) is 16.0 Å². The fourth-order valence-electron chi connectivity index (χ4n) is 3.82. The summed E-state index contributed by atoms with van der Waals surface area (Å²) in [5.41, 5.74) is 1.75. The number of methoxy groups -OCH3 is 1. The summed E-state index contributed by atoms with van der Waals surface area (Å²) in [5, 5.41) is 0.594. The van der Waals surface area contributed by atoms with Crippen LogP contribution in [0.5, 0.6) is 0 Å². The van der Waals surface area contributed by atoms with E-state index in [1.807, 2.05) is 0 Å². The van der Waals surface area contributed by atoms with Gasteiger partial charge in [0.15, 0.2) is 0 Å². The number of aromatic nitrogens is 1. The number of fused-ring (bicyclic) bond motifs is 1. The summed E-state index contributed by atoms with van der Waals surface area (Å²) in [7, 11) is -2.37. The molecule has 0 amide bonds. The molecule has 1 fully saturated rings. The lowest BCUT2D eigenvalue weighted by Gasteiger charge is -2.17. The van der Waals surface area contributed by atoms with Gasteiger partial charge in [-0.3, -0.25) is 9.36 Å². The average Bonchev–Trinajstić information content (AvgIpc) is 3.42. The number of esters is 1. The summed E-state index contributed by atoms with van der Waals surface area (Å²) < 4.78 is 33.6. The van der Waals surface area contributed by atoms with Crippen LogP contribution in [0.2, 0.25) is 0 Å². The predicted octanol–water partition coefficient (Wildman–Crippen LogP) is 3.21. The number of carbonyl (C=O) groups excluding carboxylic acids is 2. The van der Waals surface area contributed by atoms with Crippen LogP contribution in [-0.4, -0.2) is 49.4 Å². The van der Waals surface area contributed by atoms with Crippen LogP contribution in [0.3, 0.4) is 0 Å². The Morgan fingerprint density at radius 1 is 1.00 bits per heavy atom. The number of ether oxygens (including phenoxy) is 1. The Morgan fingerprint density at radius 3 is 2.40 bits per heavy atom. The zero-order valence-electron chi connectivity index (χ0n) is 16.8. The van der Waals surface area contributed by atoms with Crippen LogP contribution in [-0.2, 0) is 14.8 Å². The van der Waals surface area contributed by atoms with Gasteiger partial charge in [-0.05, 0) is 43.5 Å². The largest absolute Gasteiger partial charge is 0.465 e. The van der Waals surface area contributed by atoms with E-state index in [1.165, 1.54) is 34.3 Å². The lowest BCUT2D eigenvalue weighted by Crippen LogP contribution is -2.28. The number of para-hydroxylation sites is 1. The van der Waals surface area contributed by atoms with Crippen LogP contribution >= 0.6 is 0 Å². The van der Waals surface area contributed by atoms with E-state index in [4.69, 9.17) is 4.74 Å². The maximum Gasteiger partial charge on any atom is 0.340 e. The maximum atomic E-state index is 13.4. The molecule has 0 radical (unpaired) electrons. The quantitative estimate of drug-likeness (QED) is 0.598. The first-order valence-electron chi connectivity index (χ1n) is 9.68. The molecule has 0 N–H and O–H groups in total. The molecular formula is C22H22N2O5S. The molecular weight excluding hydrogens is 404 g/mol. The van der Waals surface area contributed by atoms with E-state index in [0.29, 0.717) is 29.6 Å². The number of hydrogen-bond acceptors (Lipinski definition) is 5. The molecule has 0 aliphatic carbocycles. The van der Waals surface area contributed by atoms with Crippen molar-refractivity contribution in [1.82, 2.24) is 8.87 Å². The van der Waals surface area contributed by atoms with E-state index in [9.17, 15) is 18.0 Å². The van der Waals surface area contributed by atoms with Crippen LogP contribution in [0.4, 0.5) is 0 Å². The molecule has 1 aromatic heterocycles. The average molecular weight is 426 g/mol. The monoisotopic (exact) mass is 426 g/mol. The highest BCUT2D eigenvalue weighted by atomic mass is 32.2. The van der Waals surface area contributed by atoms with Crippen LogP contribution < -0.4 is 0 Å². The molecule has 4 rings (SSSR count). The molecule has 0 atom stereocenters. The van der Waals surface area contributed by atoms with Crippen molar-refractivity contribution in [2.45, 2.75) is 24.7 Å². The topological polar surface area (TPSA) is 85.7 Å². The minimum atomic E-state index is -3.65. The molecule has 1 saturated heterocycles. The van der Waals surface area contributed by atoms with Crippen LogP contribution in [0.15, 0.2) is 53.6 Å². The SMILES string of the molecule is COC(=O)c1cn(C(=O)c2cc(S(=O)(=O)N3CCCC3)ccc2C)c2ccccc12. The number of sulfonamides is 1. The van der Waals surface area contributed by atoms with Crippen molar-refractivity contribution in [1.29, 1.82) is 0 Å². The van der Waals surface area contributed by atoms with Crippen molar-refractivity contribution in [2.75, 3.05) is 20.2 Å². The third-order valence-corrected chi connectivity index (χ3v) is 7.37. The van der Waals surface area contributed by atoms with Gasteiger partial charge in [-0.1, -0.05) is 24.3 Å². The van der Waals surface area contributed by atoms with Gasteiger partial charge in [0.1, 0.15) is 0 Å². The first kappa shape index (κ1) is 20.3. The Morgan fingerprint density at radius 2 is 1.70 bits per heavy atom. The number of benzene rings is 2. The van der Waals surface area contributed by atoms with Gasteiger partial charge in [-0.25, -0.2) is 13.2 Å². The van der Waals surface area contributed by atoms with Crippen molar-refractivity contribution < 1.29 is 22.7 Å². The summed E-state index contributed by atoms with van der Waals surface area (Å²) in [6.45, 7) is 2.74. The molecule has 0 bridgehead atoms. The van der Waals surface area contributed by atoms with E-state index < -0.39 is 21.9 Å². The zero-order chi connectivity index (χ0) is 21.5. The summed E-state index contributed by atoms with van der Waals surface area (Å²) in [6, 6.07) is 11.6. The molecule has 0 unspecified atom stereocenters. The number of hydrogen-bond donors (Lipinski definition) is 0. The van der Waals surface area contributed by atoms with Crippen LogP contribution in [0.1, 0.15) is 39.1 Å². The molecule has 1 aliphatic heterocycles. The van der Waals surface area contributed by atoms with Crippen molar-refractivity contribution in [2.24, 2.45) is 0 Å². The normalized spacial score (nSPS) is 14.9. The minimum absolute atomic E-state index is 0.100. The fraction of sp³-hybridized carbons (Fsp3) is 0.273. The molecule has 1 aliphatic rings. The smallest absolute Gasteiger partial charge is 0.340 e. The van der Waals surface area contributed by atoms with Gasteiger partial charge in [-0.2, -0.15) is 4.31 Å². The van der Waals surface area contributed by atoms with Gasteiger partial charge in [0.05, 0.1) is 23.1 Å². The summed E-state index contributed by atoms with van der Waals surface area (Å²) in [4.78, 5) is 25.7. The second-order valence-electron chi connectivity index (χ2n) is 7.31. The van der Waals surface area contributed by atoms with Gasteiger partial charge in [0.2, 0.25) is 10.0 Å². The summed E-state index contributed by atoms with van der Waals surface area (Å²) >= 11 is 0. The molecule has 156 valence electrons. The first-order chi connectivity index (χ1) is 14.3. The minimum Gasteiger partial charge on any atom is -0.465 e. The van der Waals surface area contributed by atoms with Gasteiger partial charge >= 0.3 is 5.97 Å². The molecule has 30 heavy (non-hydrogen) atoms. The lowest BCUT2D eigenvalue weighted by atomic mass is 10.1. The van der Waals surface area contributed by atoms with Crippen molar-refractivity contribution in [3.8, 4) is 0 Å². The highest BCUT2D eigenvalue weighted by Crippen LogP contribution is 2.26. The number of rotatable bonds is 4. The van der Waals surface area contributed by atoms with E-state index in [2.05, 4.69) is 0 Å². The predicted molar refractivity (Wildman–Crippen MR) is 112 cm³/mol. The zero-order valence-corrected chi connectivity index (χ0v) is 17.6. The van der Waals surface area contributed by atoms with Gasteiger partial charge in [0.25, 0.3) is 5.91 Å². The van der Waals surface area contributed by atoms with Crippen molar-refractivity contribution >= 4 is 32.8 Å². The Kier molecular flexibility index (Phi) is 5.21. The highest BCUT2D eigenvalue weighted by molar-refractivity contribution is 7.89. The summed E-state index contributed by atoms with van der Waals surface area (Å²) in [6.07, 6.45) is 3.12. The second-order valence-corrected chi connectivity index (χ2v) is 9.25. The Labute approximate surface area is 174 Å². The number of carbonyl (C=O) groups is 2. The van der Waals surface area contributed by atoms with Gasteiger partial charge in [-0.15, -0.1) is 0 Å². The van der Waals surface area contributed by atoms with Crippen molar-refractivity contribution in [3.63, 3.8) is 0 Å². The second kappa shape index (κ2) is 7.70. The van der Waals surface area contributed by atoms with Crippen molar-refractivity contribution in [3.05, 3.63) is 65.4 Å². The Hall–Kier alpha value is -2.97. The highest BCUT2D eigenvalue weighted by Gasteiger charge is 2.29. The lowest BCUT2D eigenvalue weighted by molar-refractivity contribution is 0.0603. The third-order valence-electron chi connectivity index (χ3n) is 5.48. The van der Waals surface area contributed by atoms with E-state index in [1.54, 1.807) is 37.3 Å². The van der Waals surface area contributed by atoms with Gasteiger partial charge in [0, 0.05) is 30.2 Å². The fourth-order valence-corrected chi connectivity index (χ4v) is 5.36. The summed E-state index contributed by atoms with van der Waals surface area (Å²) in [5.74, 6) is -0.947. The Balaban J connectivity index is 1.82. The Bertz CT molecular complexity index is 1250. The molecule has 7 nitrogen and oxygen atoms in total. The standard InChI is InChI=1S/C22H22N2O5S/c1-15-9-10-16(30(27,28)23-11-5-6-12-23)13-18(15)21(25)24-14-19(22(26)29-2)17-7-3-4-8-20(17)24/h3-4,7-10,13-14H,5-6,11-12H2,1-2H3.